The average Bonchev–Trinajstić information content (AvgIpc) is 2.41. The maximum Gasteiger partial charge on any atom is 0.416 e. The fraction of sp³-hybridized carbons (Fsp3) is 0.385. The first-order valence-corrected chi connectivity index (χ1v) is 6.06. The Morgan fingerprint density at radius 2 is 1.76 bits per heavy atom. The van der Waals surface area contributed by atoms with Gasteiger partial charge in [0, 0.05) is 5.56 Å². The number of carbonyl (C=O) groups excluding carboxylic acids is 2. The normalized spacial score (nSPS) is 12.6. The van der Waals surface area contributed by atoms with Crippen molar-refractivity contribution in [2.24, 2.45) is 0 Å². The molecule has 21 heavy (non-hydrogen) atoms. The zero-order valence-electron chi connectivity index (χ0n) is 11.2. The van der Waals surface area contributed by atoms with Gasteiger partial charge in [0.1, 0.15) is 0 Å². The van der Waals surface area contributed by atoms with Crippen LogP contribution in [0.3, 0.4) is 0 Å². The molecule has 2 amide bonds. The lowest BCUT2D eigenvalue weighted by molar-refractivity contribution is -0.201. The molecule has 0 aliphatic rings. The summed E-state index contributed by atoms with van der Waals surface area (Å²) >= 11 is 0. The molecular weight excluding hydrogens is 289 g/mol. The Morgan fingerprint density at radius 3 is 2.29 bits per heavy atom. The molecule has 1 atom stereocenters. The van der Waals surface area contributed by atoms with Crippen LogP contribution in [0.25, 0.3) is 0 Å². The highest BCUT2D eigenvalue weighted by Crippen LogP contribution is 2.19. The van der Waals surface area contributed by atoms with Crippen LogP contribution in [0.1, 0.15) is 15.9 Å². The topological polar surface area (TPSA) is 78.4 Å². The SMILES string of the molecule is Cc1ccc(C(=O)NCC(=O)NCC(O)C(F)(F)F)cc1. The molecule has 0 radical (unpaired) electrons. The summed E-state index contributed by atoms with van der Waals surface area (Å²) in [4.78, 5) is 22.9. The predicted molar refractivity (Wildman–Crippen MR) is 68.6 cm³/mol. The largest absolute Gasteiger partial charge is 0.416 e. The third kappa shape index (κ3) is 5.82. The molecule has 116 valence electrons. The predicted octanol–water partition coefficient (Wildman–Crippen LogP) is 0.764. The molecule has 0 aliphatic heterocycles. The highest BCUT2D eigenvalue weighted by molar-refractivity contribution is 5.96. The summed E-state index contributed by atoms with van der Waals surface area (Å²) in [5, 5.41) is 12.8. The molecule has 0 saturated carbocycles. The van der Waals surface area contributed by atoms with E-state index in [1.54, 1.807) is 24.3 Å². The van der Waals surface area contributed by atoms with Crippen molar-refractivity contribution in [3.05, 3.63) is 35.4 Å². The van der Waals surface area contributed by atoms with E-state index in [4.69, 9.17) is 5.11 Å². The number of halogens is 3. The Balaban J connectivity index is 2.36. The van der Waals surface area contributed by atoms with Gasteiger partial charge in [-0.05, 0) is 19.1 Å². The summed E-state index contributed by atoms with van der Waals surface area (Å²) in [6.07, 6.45) is -7.42. The van der Waals surface area contributed by atoms with Gasteiger partial charge in [0.15, 0.2) is 6.10 Å². The van der Waals surface area contributed by atoms with Gasteiger partial charge in [-0.1, -0.05) is 17.7 Å². The van der Waals surface area contributed by atoms with Crippen LogP contribution in [0.4, 0.5) is 13.2 Å². The summed E-state index contributed by atoms with van der Waals surface area (Å²) in [7, 11) is 0. The number of hydrogen-bond donors (Lipinski definition) is 3. The maximum absolute atomic E-state index is 12.0. The second kappa shape index (κ2) is 7.07. The Labute approximate surface area is 119 Å². The first-order chi connectivity index (χ1) is 9.70. The lowest BCUT2D eigenvalue weighted by Gasteiger charge is -2.15. The van der Waals surface area contributed by atoms with E-state index < -0.39 is 37.2 Å². The number of alkyl halides is 3. The quantitative estimate of drug-likeness (QED) is 0.751. The van der Waals surface area contributed by atoms with Crippen LogP contribution in [-0.2, 0) is 4.79 Å². The van der Waals surface area contributed by atoms with Crippen LogP contribution in [0.5, 0.6) is 0 Å². The van der Waals surface area contributed by atoms with Gasteiger partial charge >= 0.3 is 6.18 Å². The number of carbonyl (C=O) groups is 2. The highest BCUT2D eigenvalue weighted by atomic mass is 19.4. The van der Waals surface area contributed by atoms with E-state index in [1.807, 2.05) is 12.2 Å². The van der Waals surface area contributed by atoms with Crippen LogP contribution < -0.4 is 10.6 Å². The third-order valence-corrected chi connectivity index (χ3v) is 2.59. The van der Waals surface area contributed by atoms with Crippen LogP contribution in [0.2, 0.25) is 0 Å². The monoisotopic (exact) mass is 304 g/mol. The zero-order valence-corrected chi connectivity index (χ0v) is 11.2. The number of rotatable bonds is 5. The first kappa shape index (κ1) is 17.0. The zero-order chi connectivity index (χ0) is 16.0. The summed E-state index contributed by atoms with van der Waals surface area (Å²) in [5.74, 6) is -1.33. The molecule has 0 aromatic heterocycles. The van der Waals surface area contributed by atoms with E-state index in [9.17, 15) is 22.8 Å². The molecule has 1 aromatic rings. The number of aliphatic hydroxyl groups excluding tert-OH is 1. The van der Waals surface area contributed by atoms with E-state index in [1.165, 1.54) is 0 Å². The number of benzene rings is 1. The van der Waals surface area contributed by atoms with Crippen molar-refractivity contribution in [3.8, 4) is 0 Å². The number of amides is 2. The molecule has 1 unspecified atom stereocenters. The second-order valence-corrected chi connectivity index (χ2v) is 4.41. The molecular formula is C13H15F3N2O3. The number of nitrogens with one attached hydrogen (secondary N) is 2. The molecule has 3 N–H and O–H groups in total. The number of aliphatic hydroxyl groups is 1. The van der Waals surface area contributed by atoms with Gasteiger partial charge < -0.3 is 15.7 Å². The molecule has 0 heterocycles. The van der Waals surface area contributed by atoms with Gasteiger partial charge in [-0.25, -0.2) is 0 Å². The van der Waals surface area contributed by atoms with Gasteiger partial charge in [0.05, 0.1) is 13.1 Å². The van der Waals surface area contributed by atoms with Gasteiger partial charge in [0.25, 0.3) is 5.91 Å². The molecule has 5 nitrogen and oxygen atoms in total. The second-order valence-electron chi connectivity index (χ2n) is 4.41. The molecule has 0 aliphatic carbocycles. The minimum Gasteiger partial charge on any atom is -0.382 e. The van der Waals surface area contributed by atoms with Gasteiger partial charge in [-0.15, -0.1) is 0 Å². The summed E-state index contributed by atoms with van der Waals surface area (Å²) < 4.78 is 36.0. The van der Waals surface area contributed by atoms with Gasteiger partial charge in [0.2, 0.25) is 5.91 Å². The standard InChI is InChI=1S/C13H15F3N2O3/c1-8-2-4-9(5-3-8)12(21)18-7-11(20)17-6-10(19)13(14,15)16/h2-5,10,19H,6-7H2,1H3,(H,17,20)(H,18,21). The van der Waals surface area contributed by atoms with Crippen molar-refractivity contribution in [3.63, 3.8) is 0 Å². The van der Waals surface area contributed by atoms with Gasteiger partial charge in [-0.3, -0.25) is 9.59 Å². The van der Waals surface area contributed by atoms with Crippen LogP contribution in [-0.4, -0.2) is 42.3 Å². The fourth-order valence-electron chi connectivity index (χ4n) is 1.36. The minimum absolute atomic E-state index is 0.337. The van der Waals surface area contributed by atoms with E-state index in [0.29, 0.717) is 5.56 Å². The molecule has 0 fully saturated rings. The van der Waals surface area contributed by atoms with Gasteiger partial charge in [-0.2, -0.15) is 13.2 Å². The van der Waals surface area contributed by atoms with E-state index >= 15 is 0 Å². The molecule has 1 rings (SSSR count). The third-order valence-electron chi connectivity index (χ3n) is 2.59. The van der Waals surface area contributed by atoms with Crippen molar-refractivity contribution in [1.29, 1.82) is 0 Å². The van der Waals surface area contributed by atoms with Crippen molar-refractivity contribution in [2.45, 2.75) is 19.2 Å². The summed E-state index contributed by atoms with van der Waals surface area (Å²) in [5.41, 5.74) is 1.30. The number of hydrogen-bond acceptors (Lipinski definition) is 3. The van der Waals surface area contributed by atoms with Crippen molar-refractivity contribution < 1.29 is 27.9 Å². The summed E-state index contributed by atoms with van der Waals surface area (Å²) in [6.45, 7) is 0.418. The Kier molecular flexibility index (Phi) is 5.71. The maximum atomic E-state index is 12.0. The fourth-order valence-corrected chi connectivity index (χ4v) is 1.36. The first-order valence-electron chi connectivity index (χ1n) is 6.06. The Morgan fingerprint density at radius 1 is 1.19 bits per heavy atom. The lowest BCUT2D eigenvalue weighted by atomic mass is 10.1. The Hall–Kier alpha value is -2.09. The average molecular weight is 304 g/mol. The molecule has 8 heteroatoms. The number of aryl methyl sites for hydroxylation is 1. The smallest absolute Gasteiger partial charge is 0.382 e. The molecule has 0 bridgehead atoms. The van der Waals surface area contributed by atoms with E-state index in [-0.39, 0.29) is 0 Å². The van der Waals surface area contributed by atoms with Crippen LogP contribution in [0, 0.1) is 6.92 Å². The minimum atomic E-state index is -4.79. The van der Waals surface area contributed by atoms with Crippen molar-refractivity contribution >= 4 is 11.8 Å². The lowest BCUT2D eigenvalue weighted by Crippen LogP contribution is -2.44. The van der Waals surface area contributed by atoms with Crippen molar-refractivity contribution in [1.82, 2.24) is 10.6 Å². The van der Waals surface area contributed by atoms with E-state index in [2.05, 4.69) is 5.32 Å². The molecule has 0 saturated heterocycles. The Bertz CT molecular complexity index is 500. The molecule has 0 spiro atoms. The van der Waals surface area contributed by atoms with Crippen LogP contribution in [0.15, 0.2) is 24.3 Å². The highest BCUT2D eigenvalue weighted by Gasteiger charge is 2.38. The molecule has 1 aromatic carbocycles. The van der Waals surface area contributed by atoms with E-state index in [0.717, 1.165) is 5.56 Å². The van der Waals surface area contributed by atoms with Crippen molar-refractivity contribution in [2.75, 3.05) is 13.1 Å². The van der Waals surface area contributed by atoms with Crippen LogP contribution >= 0.6 is 0 Å². The summed E-state index contributed by atoms with van der Waals surface area (Å²) in [6, 6.07) is 6.56.